The van der Waals surface area contributed by atoms with E-state index in [1.807, 2.05) is 0 Å². The first-order valence-corrected chi connectivity index (χ1v) is 5.81. The van der Waals surface area contributed by atoms with E-state index in [2.05, 4.69) is 17.6 Å². The monoisotopic (exact) mass is 182 g/mol. The van der Waals surface area contributed by atoms with Gasteiger partial charge in [-0.1, -0.05) is 13.3 Å². The van der Waals surface area contributed by atoms with Crippen molar-refractivity contribution in [1.29, 1.82) is 0 Å². The third-order valence-corrected chi connectivity index (χ3v) is 3.44. The number of piperidine rings is 1. The SMILES string of the molecule is CC1CC(NCC2CCCCN2)C1. The molecule has 1 aliphatic carbocycles. The largest absolute Gasteiger partial charge is 0.313 e. The predicted octanol–water partition coefficient (Wildman–Crippen LogP) is 1.52. The lowest BCUT2D eigenvalue weighted by atomic mass is 9.82. The minimum absolute atomic E-state index is 0.754. The van der Waals surface area contributed by atoms with Gasteiger partial charge in [0.2, 0.25) is 0 Å². The Morgan fingerprint density at radius 2 is 2.15 bits per heavy atom. The maximum absolute atomic E-state index is 3.66. The minimum Gasteiger partial charge on any atom is -0.313 e. The van der Waals surface area contributed by atoms with Crippen LogP contribution in [-0.4, -0.2) is 25.2 Å². The molecule has 0 aromatic rings. The average Bonchev–Trinajstić information content (AvgIpc) is 2.12. The summed E-state index contributed by atoms with van der Waals surface area (Å²) in [5.41, 5.74) is 0. The molecule has 0 aromatic carbocycles. The molecule has 0 radical (unpaired) electrons. The van der Waals surface area contributed by atoms with Crippen LogP contribution in [0.4, 0.5) is 0 Å². The van der Waals surface area contributed by atoms with Crippen molar-refractivity contribution in [3.8, 4) is 0 Å². The highest BCUT2D eigenvalue weighted by atomic mass is 15.0. The fourth-order valence-electron chi connectivity index (χ4n) is 2.48. The van der Waals surface area contributed by atoms with Gasteiger partial charge >= 0.3 is 0 Å². The fraction of sp³-hybridized carbons (Fsp3) is 1.00. The standard InChI is InChI=1S/C11H22N2/c1-9-6-11(7-9)13-8-10-4-2-3-5-12-10/h9-13H,2-8H2,1H3. The number of rotatable bonds is 3. The summed E-state index contributed by atoms with van der Waals surface area (Å²) in [6.45, 7) is 4.77. The van der Waals surface area contributed by atoms with Crippen LogP contribution in [0.25, 0.3) is 0 Å². The molecule has 0 amide bonds. The molecule has 2 nitrogen and oxygen atoms in total. The van der Waals surface area contributed by atoms with Crippen molar-refractivity contribution in [2.75, 3.05) is 13.1 Å². The molecule has 1 saturated carbocycles. The Morgan fingerprint density at radius 3 is 2.77 bits per heavy atom. The molecule has 2 fully saturated rings. The lowest BCUT2D eigenvalue weighted by Gasteiger charge is -2.35. The van der Waals surface area contributed by atoms with Crippen molar-refractivity contribution < 1.29 is 0 Å². The molecule has 2 rings (SSSR count). The Hall–Kier alpha value is -0.0800. The van der Waals surface area contributed by atoms with E-state index in [0.717, 1.165) is 18.0 Å². The van der Waals surface area contributed by atoms with Gasteiger partial charge < -0.3 is 10.6 Å². The normalized spacial score (nSPS) is 39.9. The molecular weight excluding hydrogens is 160 g/mol. The van der Waals surface area contributed by atoms with E-state index < -0.39 is 0 Å². The Kier molecular flexibility index (Phi) is 3.23. The van der Waals surface area contributed by atoms with Crippen molar-refractivity contribution in [3.63, 3.8) is 0 Å². The Labute approximate surface area is 81.5 Å². The Bertz CT molecular complexity index is 146. The molecule has 2 N–H and O–H groups in total. The summed E-state index contributed by atoms with van der Waals surface area (Å²) in [7, 11) is 0. The van der Waals surface area contributed by atoms with Gasteiger partial charge in [-0.05, 0) is 38.1 Å². The molecule has 1 aliphatic heterocycles. The van der Waals surface area contributed by atoms with Gasteiger partial charge in [-0.3, -0.25) is 0 Å². The zero-order valence-corrected chi connectivity index (χ0v) is 8.68. The molecule has 1 heterocycles. The molecule has 0 aromatic heterocycles. The van der Waals surface area contributed by atoms with E-state index in [-0.39, 0.29) is 0 Å². The summed E-state index contributed by atoms with van der Waals surface area (Å²) < 4.78 is 0. The van der Waals surface area contributed by atoms with Gasteiger partial charge in [-0.25, -0.2) is 0 Å². The smallest absolute Gasteiger partial charge is 0.0192 e. The maximum atomic E-state index is 3.66. The van der Waals surface area contributed by atoms with Crippen molar-refractivity contribution >= 4 is 0 Å². The van der Waals surface area contributed by atoms with E-state index >= 15 is 0 Å². The van der Waals surface area contributed by atoms with Gasteiger partial charge in [0.25, 0.3) is 0 Å². The quantitative estimate of drug-likeness (QED) is 0.691. The van der Waals surface area contributed by atoms with Crippen LogP contribution < -0.4 is 10.6 Å². The van der Waals surface area contributed by atoms with E-state index in [9.17, 15) is 0 Å². The van der Waals surface area contributed by atoms with Crippen molar-refractivity contribution in [3.05, 3.63) is 0 Å². The lowest BCUT2D eigenvalue weighted by Crippen LogP contribution is -2.48. The van der Waals surface area contributed by atoms with E-state index in [1.54, 1.807) is 0 Å². The van der Waals surface area contributed by atoms with Gasteiger partial charge in [-0.15, -0.1) is 0 Å². The van der Waals surface area contributed by atoms with Crippen LogP contribution in [0.1, 0.15) is 39.0 Å². The highest BCUT2D eigenvalue weighted by Crippen LogP contribution is 2.26. The molecule has 1 saturated heterocycles. The Morgan fingerprint density at radius 1 is 1.31 bits per heavy atom. The molecule has 76 valence electrons. The zero-order valence-electron chi connectivity index (χ0n) is 8.68. The van der Waals surface area contributed by atoms with Crippen LogP contribution in [0.3, 0.4) is 0 Å². The summed E-state index contributed by atoms with van der Waals surface area (Å²) >= 11 is 0. The van der Waals surface area contributed by atoms with Crippen LogP contribution in [0.2, 0.25) is 0 Å². The number of nitrogens with one attached hydrogen (secondary N) is 2. The van der Waals surface area contributed by atoms with Gasteiger partial charge in [0.15, 0.2) is 0 Å². The summed E-state index contributed by atoms with van der Waals surface area (Å²) in [6.07, 6.45) is 6.95. The number of hydrogen-bond donors (Lipinski definition) is 2. The Balaban J connectivity index is 1.56. The van der Waals surface area contributed by atoms with Crippen LogP contribution in [0.5, 0.6) is 0 Å². The second kappa shape index (κ2) is 4.43. The van der Waals surface area contributed by atoms with Gasteiger partial charge in [-0.2, -0.15) is 0 Å². The number of hydrogen-bond acceptors (Lipinski definition) is 2. The van der Waals surface area contributed by atoms with Crippen molar-refractivity contribution in [2.24, 2.45) is 5.92 Å². The molecule has 0 spiro atoms. The lowest BCUT2D eigenvalue weighted by molar-refractivity contribution is 0.229. The second-order valence-corrected chi connectivity index (χ2v) is 4.83. The van der Waals surface area contributed by atoms with Gasteiger partial charge in [0, 0.05) is 18.6 Å². The molecule has 13 heavy (non-hydrogen) atoms. The summed E-state index contributed by atoms with van der Waals surface area (Å²) in [4.78, 5) is 0. The molecule has 2 aliphatic rings. The summed E-state index contributed by atoms with van der Waals surface area (Å²) in [6, 6.07) is 1.59. The predicted molar refractivity (Wildman–Crippen MR) is 55.8 cm³/mol. The maximum Gasteiger partial charge on any atom is 0.0192 e. The van der Waals surface area contributed by atoms with Crippen LogP contribution >= 0.6 is 0 Å². The molecule has 1 unspecified atom stereocenters. The van der Waals surface area contributed by atoms with E-state index in [1.165, 1.54) is 45.2 Å². The third-order valence-electron chi connectivity index (χ3n) is 3.44. The molecule has 1 atom stereocenters. The molecule has 2 heteroatoms. The first kappa shape index (κ1) is 9.47. The van der Waals surface area contributed by atoms with E-state index in [4.69, 9.17) is 0 Å². The zero-order chi connectivity index (χ0) is 9.10. The second-order valence-electron chi connectivity index (χ2n) is 4.83. The van der Waals surface area contributed by atoms with E-state index in [0.29, 0.717) is 0 Å². The van der Waals surface area contributed by atoms with Crippen LogP contribution in [0, 0.1) is 5.92 Å². The van der Waals surface area contributed by atoms with Gasteiger partial charge in [0.05, 0.1) is 0 Å². The molecular formula is C11H22N2. The topological polar surface area (TPSA) is 24.1 Å². The first-order valence-electron chi connectivity index (χ1n) is 5.81. The van der Waals surface area contributed by atoms with Gasteiger partial charge in [0.1, 0.15) is 0 Å². The summed E-state index contributed by atoms with van der Waals surface area (Å²) in [5.74, 6) is 0.969. The first-order chi connectivity index (χ1) is 6.34. The highest BCUT2D eigenvalue weighted by molar-refractivity contribution is 4.84. The summed E-state index contributed by atoms with van der Waals surface area (Å²) in [5, 5.41) is 7.23. The highest BCUT2D eigenvalue weighted by Gasteiger charge is 2.25. The van der Waals surface area contributed by atoms with Crippen molar-refractivity contribution in [2.45, 2.75) is 51.1 Å². The average molecular weight is 182 g/mol. The molecule has 0 bridgehead atoms. The fourth-order valence-corrected chi connectivity index (χ4v) is 2.48. The minimum atomic E-state index is 0.754. The van der Waals surface area contributed by atoms with Crippen LogP contribution in [-0.2, 0) is 0 Å². The van der Waals surface area contributed by atoms with Crippen LogP contribution in [0.15, 0.2) is 0 Å². The van der Waals surface area contributed by atoms with Crippen molar-refractivity contribution in [1.82, 2.24) is 10.6 Å². The third kappa shape index (κ3) is 2.68.